The van der Waals surface area contributed by atoms with Gasteiger partial charge in [-0.1, -0.05) is 63.2 Å². The third-order valence-electron chi connectivity index (χ3n) is 5.76. The number of para-hydroxylation sites is 3. The van der Waals surface area contributed by atoms with E-state index in [1.807, 2.05) is 66.7 Å². The lowest BCUT2D eigenvalue weighted by molar-refractivity contribution is 0.102. The van der Waals surface area contributed by atoms with Gasteiger partial charge in [0, 0.05) is 11.1 Å². The van der Waals surface area contributed by atoms with Gasteiger partial charge < -0.3 is 19.5 Å². The van der Waals surface area contributed by atoms with Gasteiger partial charge in [-0.2, -0.15) is 0 Å². The Bertz CT molecular complexity index is 1310. The Hall–Kier alpha value is -4.25. The highest BCUT2D eigenvalue weighted by Gasteiger charge is 2.15. The lowest BCUT2D eigenvalue weighted by Crippen LogP contribution is -2.13. The highest BCUT2D eigenvalue weighted by molar-refractivity contribution is 6.05. The largest absolute Gasteiger partial charge is 0.496 e. The van der Waals surface area contributed by atoms with Crippen molar-refractivity contribution in [2.24, 2.45) is 0 Å². The zero-order valence-electron chi connectivity index (χ0n) is 21.1. The highest BCUT2D eigenvalue weighted by atomic mass is 16.5. The Kier molecular flexibility index (Phi) is 7.59. The second kappa shape index (κ2) is 11.0. The normalized spacial score (nSPS) is 11.0. The van der Waals surface area contributed by atoms with Crippen molar-refractivity contribution in [1.82, 2.24) is 0 Å². The van der Waals surface area contributed by atoms with Crippen LogP contribution in [0.25, 0.3) is 0 Å². The molecule has 184 valence electrons. The van der Waals surface area contributed by atoms with E-state index in [4.69, 9.17) is 14.2 Å². The number of carbonyl (C=O) groups excluding carboxylic acids is 1. The van der Waals surface area contributed by atoms with Gasteiger partial charge in [-0.05, 0) is 65.6 Å². The van der Waals surface area contributed by atoms with Crippen LogP contribution in [-0.4, -0.2) is 13.0 Å². The minimum atomic E-state index is -0.252. The van der Waals surface area contributed by atoms with Crippen LogP contribution in [-0.2, 0) is 12.0 Å². The van der Waals surface area contributed by atoms with Gasteiger partial charge in [0.2, 0.25) is 0 Å². The molecule has 0 radical (unpaired) electrons. The molecule has 5 nitrogen and oxygen atoms in total. The topological polar surface area (TPSA) is 56.8 Å². The van der Waals surface area contributed by atoms with Crippen LogP contribution in [0.1, 0.15) is 42.3 Å². The smallest absolute Gasteiger partial charge is 0.255 e. The minimum absolute atomic E-state index is 0.0776. The number of carbonyl (C=O) groups is 1. The highest BCUT2D eigenvalue weighted by Crippen LogP contribution is 2.30. The van der Waals surface area contributed by atoms with Crippen LogP contribution in [0, 0.1) is 0 Å². The number of methoxy groups -OCH3 is 1. The summed E-state index contributed by atoms with van der Waals surface area (Å²) in [6, 6.07) is 30.2. The zero-order valence-corrected chi connectivity index (χ0v) is 21.1. The molecule has 0 aromatic heterocycles. The summed E-state index contributed by atoms with van der Waals surface area (Å²) >= 11 is 0. The summed E-state index contributed by atoms with van der Waals surface area (Å²) in [6.07, 6.45) is 0. The van der Waals surface area contributed by atoms with Crippen molar-refractivity contribution in [3.63, 3.8) is 0 Å². The van der Waals surface area contributed by atoms with Crippen LogP contribution in [0.5, 0.6) is 23.0 Å². The van der Waals surface area contributed by atoms with Gasteiger partial charge in [0.05, 0.1) is 12.8 Å². The van der Waals surface area contributed by atoms with E-state index in [1.165, 1.54) is 5.56 Å². The first-order chi connectivity index (χ1) is 17.3. The first-order valence-electron chi connectivity index (χ1n) is 11.9. The molecule has 4 rings (SSSR count). The maximum atomic E-state index is 13.1. The van der Waals surface area contributed by atoms with Crippen molar-refractivity contribution < 1.29 is 19.0 Å². The number of anilines is 1. The number of ether oxygens (including phenoxy) is 3. The zero-order chi connectivity index (χ0) is 25.5. The molecule has 1 N–H and O–H groups in total. The molecule has 0 atom stereocenters. The van der Waals surface area contributed by atoms with E-state index in [2.05, 4.69) is 38.2 Å². The maximum Gasteiger partial charge on any atom is 0.255 e. The van der Waals surface area contributed by atoms with Crippen LogP contribution >= 0.6 is 0 Å². The number of amides is 1. The molecule has 1 amide bonds. The van der Waals surface area contributed by atoms with E-state index >= 15 is 0 Å². The summed E-state index contributed by atoms with van der Waals surface area (Å²) in [5.41, 5.74) is 3.17. The molecule has 0 saturated heterocycles. The molecule has 0 fully saturated rings. The lowest BCUT2D eigenvalue weighted by Gasteiger charge is -2.19. The van der Waals surface area contributed by atoms with Crippen molar-refractivity contribution >= 4 is 11.6 Å². The molecule has 0 heterocycles. The van der Waals surface area contributed by atoms with Crippen LogP contribution in [0.4, 0.5) is 5.69 Å². The summed E-state index contributed by atoms with van der Waals surface area (Å²) in [5, 5.41) is 2.96. The van der Waals surface area contributed by atoms with Gasteiger partial charge in [0.15, 0.2) is 5.75 Å². The lowest BCUT2D eigenvalue weighted by atomic mass is 9.87. The predicted molar refractivity (Wildman–Crippen MR) is 143 cm³/mol. The molecular formula is C31H31NO4. The molecule has 5 heteroatoms. The van der Waals surface area contributed by atoms with Crippen molar-refractivity contribution in [3.8, 4) is 23.0 Å². The summed E-state index contributed by atoms with van der Waals surface area (Å²) in [7, 11) is 1.61. The molecule has 0 spiro atoms. The van der Waals surface area contributed by atoms with Gasteiger partial charge in [-0.3, -0.25) is 4.79 Å². The third kappa shape index (κ3) is 6.25. The van der Waals surface area contributed by atoms with Gasteiger partial charge >= 0.3 is 0 Å². The van der Waals surface area contributed by atoms with Crippen molar-refractivity contribution in [2.45, 2.75) is 32.8 Å². The number of nitrogens with one attached hydrogen (secondary N) is 1. The Balaban J connectivity index is 1.48. The van der Waals surface area contributed by atoms with Gasteiger partial charge in [0.1, 0.15) is 23.9 Å². The Morgan fingerprint density at radius 3 is 2.17 bits per heavy atom. The van der Waals surface area contributed by atoms with E-state index < -0.39 is 0 Å². The van der Waals surface area contributed by atoms with E-state index in [9.17, 15) is 4.79 Å². The first-order valence-corrected chi connectivity index (χ1v) is 11.9. The summed E-state index contributed by atoms with van der Waals surface area (Å²) in [5.74, 6) is 2.42. The van der Waals surface area contributed by atoms with E-state index in [0.717, 1.165) is 11.3 Å². The molecule has 0 saturated carbocycles. The molecular weight excluding hydrogens is 450 g/mol. The fourth-order valence-corrected chi connectivity index (χ4v) is 3.71. The number of benzene rings is 4. The fourth-order valence-electron chi connectivity index (χ4n) is 3.71. The molecule has 0 aliphatic rings. The SMILES string of the molecule is COc1ccc(C(=O)Nc2ccccc2Oc2ccccc2)cc1COc1ccc(C(C)(C)C)cc1. The van der Waals surface area contributed by atoms with E-state index in [1.54, 1.807) is 25.3 Å². The average Bonchev–Trinajstić information content (AvgIpc) is 2.88. The van der Waals surface area contributed by atoms with Crippen LogP contribution in [0.2, 0.25) is 0 Å². The quantitative estimate of drug-likeness (QED) is 0.281. The maximum absolute atomic E-state index is 13.1. The molecule has 0 aliphatic heterocycles. The third-order valence-corrected chi connectivity index (χ3v) is 5.76. The van der Waals surface area contributed by atoms with Crippen molar-refractivity contribution in [2.75, 3.05) is 12.4 Å². The summed E-state index contributed by atoms with van der Waals surface area (Å²) < 4.78 is 17.5. The summed E-state index contributed by atoms with van der Waals surface area (Å²) in [4.78, 5) is 13.1. The second-order valence-electron chi connectivity index (χ2n) is 9.46. The molecule has 4 aromatic rings. The molecule has 36 heavy (non-hydrogen) atoms. The van der Waals surface area contributed by atoms with E-state index in [-0.39, 0.29) is 17.9 Å². The number of hydrogen-bond donors (Lipinski definition) is 1. The predicted octanol–water partition coefficient (Wildman–Crippen LogP) is 7.62. The molecule has 4 aromatic carbocycles. The van der Waals surface area contributed by atoms with Crippen LogP contribution in [0.15, 0.2) is 97.1 Å². The Morgan fingerprint density at radius 2 is 1.47 bits per heavy atom. The Morgan fingerprint density at radius 1 is 0.778 bits per heavy atom. The molecule has 0 unspecified atom stereocenters. The monoisotopic (exact) mass is 481 g/mol. The minimum Gasteiger partial charge on any atom is -0.496 e. The number of rotatable bonds is 8. The summed E-state index contributed by atoms with van der Waals surface area (Å²) in [6.45, 7) is 6.80. The van der Waals surface area contributed by atoms with Crippen LogP contribution in [0.3, 0.4) is 0 Å². The first kappa shape index (κ1) is 24.9. The van der Waals surface area contributed by atoms with Gasteiger partial charge in [-0.25, -0.2) is 0 Å². The molecule has 0 bridgehead atoms. The molecule has 0 aliphatic carbocycles. The van der Waals surface area contributed by atoms with Gasteiger partial charge in [-0.15, -0.1) is 0 Å². The second-order valence-corrected chi connectivity index (χ2v) is 9.46. The standard InChI is InChI=1S/C31H31NO4/c1-31(2,3)24-15-17-25(18-16-24)35-21-23-20-22(14-19-28(23)34-4)30(33)32-27-12-8-9-13-29(27)36-26-10-6-5-7-11-26/h5-20H,21H2,1-4H3,(H,32,33). The van der Waals surface area contributed by atoms with E-state index in [0.29, 0.717) is 28.5 Å². The van der Waals surface area contributed by atoms with Gasteiger partial charge in [0.25, 0.3) is 5.91 Å². The average molecular weight is 482 g/mol. The number of hydrogen-bond acceptors (Lipinski definition) is 4. The fraction of sp³-hybridized carbons (Fsp3) is 0.194. The Labute approximate surface area is 212 Å². The van der Waals surface area contributed by atoms with Crippen LogP contribution < -0.4 is 19.5 Å². The van der Waals surface area contributed by atoms with Crippen molar-refractivity contribution in [3.05, 3.63) is 114 Å². The van der Waals surface area contributed by atoms with Crippen molar-refractivity contribution in [1.29, 1.82) is 0 Å².